The van der Waals surface area contributed by atoms with E-state index in [2.05, 4.69) is 16.0 Å². The van der Waals surface area contributed by atoms with Crippen LogP contribution in [0.4, 0.5) is 11.4 Å². The van der Waals surface area contributed by atoms with E-state index in [0.29, 0.717) is 29.3 Å². The average molecular weight is 385 g/mol. The molecule has 2 aromatic carbocycles. The van der Waals surface area contributed by atoms with E-state index >= 15 is 0 Å². The van der Waals surface area contributed by atoms with Crippen LogP contribution in [0.3, 0.4) is 0 Å². The highest BCUT2D eigenvalue weighted by atomic mass is 32.1. The summed E-state index contributed by atoms with van der Waals surface area (Å²) in [6, 6.07) is 14.0. The first-order chi connectivity index (χ1) is 12.9. The molecule has 0 saturated heterocycles. The zero-order valence-electron chi connectivity index (χ0n) is 15.5. The fourth-order valence-electron chi connectivity index (χ4n) is 2.19. The first-order valence-corrected chi connectivity index (χ1v) is 9.06. The van der Waals surface area contributed by atoms with Gasteiger partial charge in [-0.3, -0.25) is 14.9 Å². The van der Waals surface area contributed by atoms with Crippen molar-refractivity contribution in [2.24, 2.45) is 5.92 Å². The number of nitrogens with one attached hydrogen (secondary N) is 3. The molecule has 0 saturated carbocycles. The van der Waals surface area contributed by atoms with Gasteiger partial charge in [0, 0.05) is 17.3 Å². The standard InChI is InChI=1S/C20H23N3O3S/c1-4-26-17-8-6-5-7-16(17)19(25)23-20(27)22-15-11-9-14(10-12-15)21-18(24)13(2)3/h5-13H,4H2,1-3H3,(H,21,24)(H2,22,23,25,27). The number of anilines is 2. The Kier molecular flexibility index (Phi) is 7.31. The Balaban J connectivity index is 1.95. The summed E-state index contributed by atoms with van der Waals surface area (Å²) >= 11 is 5.20. The molecule has 0 aliphatic carbocycles. The first kappa shape index (κ1) is 20.4. The van der Waals surface area contributed by atoms with Crippen LogP contribution in [0.5, 0.6) is 5.75 Å². The first-order valence-electron chi connectivity index (χ1n) is 8.65. The number of thiocarbonyl (C=S) groups is 1. The maximum atomic E-state index is 12.4. The second-order valence-corrected chi connectivity index (χ2v) is 6.47. The van der Waals surface area contributed by atoms with Crippen molar-refractivity contribution in [1.29, 1.82) is 0 Å². The molecule has 27 heavy (non-hydrogen) atoms. The summed E-state index contributed by atoms with van der Waals surface area (Å²) in [5.74, 6) is 0.0135. The molecule has 2 amide bonds. The van der Waals surface area contributed by atoms with E-state index < -0.39 is 0 Å². The number of hydrogen-bond acceptors (Lipinski definition) is 4. The van der Waals surface area contributed by atoms with Gasteiger partial charge in [-0.1, -0.05) is 26.0 Å². The Morgan fingerprint density at radius 1 is 1.00 bits per heavy atom. The summed E-state index contributed by atoms with van der Waals surface area (Å²) in [7, 11) is 0. The molecule has 3 N–H and O–H groups in total. The van der Waals surface area contributed by atoms with Gasteiger partial charge in [0.25, 0.3) is 5.91 Å². The van der Waals surface area contributed by atoms with Crippen molar-refractivity contribution in [3.63, 3.8) is 0 Å². The lowest BCUT2D eigenvalue weighted by Gasteiger charge is -2.13. The third-order valence-corrected chi connectivity index (χ3v) is 3.80. The van der Waals surface area contributed by atoms with E-state index in [1.54, 1.807) is 48.5 Å². The van der Waals surface area contributed by atoms with Gasteiger partial charge in [-0.15, -0.1) is 0 Å². The molecule has 2 rings (SSSR count). The molecular weight excluding hydrogens is 362 g/mol. The number of para-hydroxylation sites is 1. The maximum absolute atomic E-state index is 12.4. The van der Waals surface area contributed by atoms with E-state index in [-0.39, 0.29) is 22.8 Å². The molecule has 0 unspecified atom stereocenters. The quantitative estimate of drug-likeness (QED) is 0.659. The molecule has 0 aliphatic rings. The minimum absolute atomic E-state index is 0.0496. The van der Waals surface area contributed by atoms with Crippen LogP contribution in [0.25, 0.3) is 0 Å². The Bertz CT molecular complexity index is 819. The summed E-state index contributed by atoms with van der Waals surface area (Å²) in [5, 5.41) is 8.56. The number of hydrogen-bond donors (Lipinski definition) is 3. The van der Waals surface area contributed by atoms with E-state index in [9.17, 15) is 9.59 Å². The third-order valence-electron chi connectivity index (χ3n) is 3.59. The largest absolute Gasteiger partial charge is 0.493 e. The maximum Gasteiger partial charge on any atom is 0.261 e. The third kappa shape index (κ3) is 6.07. The number of carbonyl (C=O) groups is 2. The predicted molar refractivity (Wildman–Crippen MR) is 111 cm³/mol. The molecular formula is C20H23N3O3S. The molecule has 0 radical (unpaired) electrons. The lowest BCUT2D eigenvalue weighted by Crippen LogP contribution is -2.34. The van der Waals surface area contributed by atoms with E-state index in [4.69, 9.17) is 17.0 Å². The van der Waals surface area contributed by atoms with Gasteiger partial charge in [-0.05, 0) is 55.5 Å². The van der Waals surface area contributed by atoms with E-state index in [0.717, 1.165) is 0 Å². The minimum atomic E-state index is -0.350. The summed E-state index contributed by atoms with van der Waals surface area (Å²) in [6.07, 6.45) is 0. The fourth-order valence-corrected chi connectivity index (χ4v) is 2.40. The number of amides is 2. The van der Waals surface area contributed by atoms with E-state index in [1.165, 1.54) is 0 Å². The van der Waals surface area contributed by atoms with Gasteiger partial charge >= 0.3 is 0 Å². The summed E-state index contributed by atoms with van der Waals surface area (Å²) in [5.41, 5.74) is 1.80. The summed E-state index contributed by atoms with van der Waals surface area (Å²) < 4.78 is 5.46. The predicted octanol–water partition coefficient (Wildman–Crippen LogP) is 3.81. The highest BCUT2D eigenvalue weighted by Gasteiger charge is 2.13. The average Bonchev–Trinajstić information content (AvgIpc) is 2.63. The van der Waals surface area contributed by atoms with Crippen molar-refractivity contribution < 1.29 is 14.3 Å². The van der Waals surface area contributed by atoms with Crippen LogP contribution in [-0.4, -0.2) is 23.5 Å². The summed E-state index contributed by atoms with van der Waals surface area (Å²) in [6.45, 7) is 5.98. The second-order valence-electron chi connectivity index (χ2n) is 6.06. The second kappa shape index (κ2) is 9.68. The van der Waals surface area contributed by atoms with E-state index in [1.807, 2.05) is 20.8 Å². The smallest absolute Gasteiger partial charge is 0.261 e. The number of carbonyl (C=O) groups excluding carboxylic acids is 2. The van der Waals surface area contributed by atoms with Gasteiger partial charge in [-0.2, -0.15) is 0 Å². The Hall–Kier alpha value is -2.93. The normalized spacial score (nSPS) is 10.2. The molecule has 0 bridgehead atoms. The molecule has 0 atom stereocenters. The number of benzene rings is 2. The number of ether oxygens (including phenoxy) is 1. The fraction of sp³-hybridized carbons (Fsp3) is 0.250. The topological polar surface area (TPSA) is 79.5 Å². The van der Waals surface area contributed by atoms with Crippen molar-refractivity contribution in [2.45, 2.75) is 20.8 Å². The number of rotatable bonds is 6. The Labute approximate surface area is 164 Å². The Morgan fingerprint density at radius 2 is 1.59 bits per heavy atom. The van der Waals surface area contributed by atoms with Gasteiger partial charge in [0.05, 0.1) is 12.2 Å². The highest BCUT2D eigenvalue weighted by molar-refractivity contribution is 7.80. The molecule has 0 aromatic heterocycles. The summed E-state index contributed by atoms with van der Waals surface area (Å²) in [4.78, 5) is 24.1. The molecule has 0 spiro atoms. The lowest BCUT2D eigenvalue weighted by atomic mass is 10.2. The van der Waals surface area contributed by atoms with Gasteiger partial charge in [-0.25, -0.2) is 0 Å². The molecule has 142 valence electrons. The molecule has 0 aliphatic heterocycles. The molecule has 2 aromatic rings. The van der Waals surface area contributed by atoms with Crippen LogP contribution in [0.2, 0.25) is 0 Å². The SMILES string of the molecule is CCOc1ccccc1C(=O)NC(=S)Nc1ccc(NC(=O)C(C)C)cc1. The lowest BCUT2D eigenvalue weighted by molar-refractivity contribution is -0.118. The van der Waals surface area contributed by atoms with Crippen molar-refractivity contribution in [1.82, 2.24) is 5.32 Å². The molecule has 0 heterocycles. The van der Waals surface area contributed by atoms with Gasteiger partial charge in [0.2, 0.25) is 5.91 Å². The van der Waals surface area contributed by atoms with Crippen LogP contribution >= 0.6 is 12.2 Å². The van der Waals surface area contributed by atoms with Gasteiger partial charge < -0.3 is 15.4 Å². The van der Waals surface area contributed by atoms with Crippen LogP contribution in [0.1, 0.15) is 31.1 Å². The Morgan fingerprint density at radius 3 is 2.19 bits per heavy atom. The van der Waals surface area contributed by atoms with Crippen molar-refractivity contribution in [3.8, 4) is 5.75 Å². The molecule has 6 nitrogen and oxygen atoms in total. The minimum Gasteiger partial charge on any atom is -0.493 e. The zero-order valence-corrected chi connectivity index (χ0v) is 16.4. The van der Waals surface area contributed by atoms with Crippen molar-refractivity contribution in [2.75, 3.05) is 17.2 Å². The van der Waals surface area contributed by atoms with Crippen molar-refractivity contribution >= 4 is 40.5 Å². The van der Waals surface area contributed by atoms with Crippen LogP contribution in [-0.2, 0) is 4.79 Å². The van der Waals surface area contributed by atoms with Gasteiger partial charge in [0.1, 0.15) is 5.75 Å². The van der Waals surface area contributed by atoms with Gasteiger partial charge in [0.15, 0.2) is 5.11 Å². The highest BCUT2D eigenvalue weighted by Crippen LogP contribution is 2.18. The zero-order chi connectivity index (χ0) is 19.8. The van der Waals surface area contributed by atoms with Crippen LogP contribution in [0.15, 0.2) is 48.5 Å². The monoisotopic (exact) mass is 385 g/mol. The molecule has 7 heteroatoms. The van der Waals surface area contributed by atoms with Crippen LogP contribution in [0, 0.1) is 5.92 Å². The van der Waals surface area contributed by atoms with Crippen LogP contribution < -0.4 is 20.7 Å². The van der Waals surface area contributed by atoms with Crippen molar-refractivity contribution in [3.05, 3.63) is 54.1 Å². The molecule has 0 fully saturated rings.